The lowest BCUT2D eigenvalue weighted by molar-refractivity contribution is -0.138. The molecule has 1 atom stereocenters. The van der Waals surface area contributed by atoms with Gasteiger partial charge in [-0.25, -0.2) is 4.39 Å². The Hall–Kier alpha value is -1.40. The van der Waals surface area contributed by atoms with Gasteiger partial charge in [-0.2, -0.15) is 13.2 Å². The number of alkyl halides is 3. The molecule has 0 saturated heterocycles. The van der Waals surface area contributed by atoms with E-state index in [2.05, 4.69) is 15.9 Å². The van der Waals surface area contributed by atoms with Crippen LogP contribution in [0.1, 0.15) is 22.8 Å². The third-order valence-corrected chi connectivity index (χ3v) is 3.68. The van der Waals surface area contributed by atoms with E-state index in [1.54, 1.807) is 18.2 Å². The van der Waals surface area contributed by atoms with Crippen LogP contribution in [0.15, 0.2) is 46.9 Å². The maximum Gasteiger partial charge on any atom is 0.417 e. The van der Waals surface area contributed by atoms with E-state index in [0.717, 1.165) is 0 Å². The van der Waals surface area contributed by atoms with Crippen molar-refractivity contribution in [3.63, 3.8) is 0 Å². The molecule has 0 heterocycles. The molecule has 6 heteroatoms. The Balaban J connectivity index is 2.57. The van der Waals surface area contributed by atoms with Gasteiger partial charge in [-0.1, -0.05) is 30.3 Å². The number of rotatable bonds is 2. The third-order valence-electron chi connectivity index (χ3n) is 2.82. The average Bonchev–Trinajstić information content (AvgIpc) is 2.38. The molecule has 0 bridgehead atoms. The van der Waals surface area contributed by atoms with Crippen LogP contribution < -0.4 is 0 Å². The molecule has 0 aliphatic heterocycles. The zero-order valence-electron chi connectivity index (χ0n) is 9.96. The van der Waals surface area contributed by atoms with Gasteiger partial charge < -0.3 is 5.11 Å². The van der Waals surface area contributed by atoms with Gasteiger partial charge in [0, 0.05) is 10.0 Å². The van der Waals surface area contributed by atoms with Crippen molar-refractivity contribution in [2.24, 2.45) is 0 Å². The van der Waals surface area contributed by atoms with Crippen LogP contribution in [0.5, 0.6) is 0 Å². The molecule has 0 aliphatic rings. The molecule has 0 saturated carbocycles. The largest absolute Gasteiger partial charge is 0.417 e. The van der Waals surface area contributed by atoms with Crippen molar-refractivity contribution in [3.8, 4) is 0 Å². The second-order valence-corrected chi connectivity index (χ2v) is 4.93. The Morgan fingerprint density at radius 3 is 2.15 bits per heavy atom. The first-order valence-corrected chi connectivity index (χ1v) is 6.39. The second kappa shape index (κ2) is 5.54. The fourth-order valence-electron chi connectivity index (χ4n) is 1.84. The van der Waals surface area contributed by atoms with Crippen molar-refractivity contribution in [2.75, 3.05) is 0 Å². The minimum Gasteiger partial charge on any atom is -0.384 e. The Morgan fingerprint density at radius 1 is 1.00 bits per heavy atom. The van der Waals surface area contributed by atoms with E-state index >= 15 is 0 Å². The SMILES string of the molecule is OC(c1ccccc1)c1c(F)ccc(C(F)(F)F)c1Br. The van der Waals surface area contributed by atoms with Crippen LogP contribution in [0, 0.1) is 5.82 Å². The maximum atomic E-state index is 13.8. The first-order chi connectivity index (χ1) is 9.32. The van der Waals surface area contributed by atoms with E-state index in [4.69, 9.17) is 0 Å². The number of aliphatic hydroxyl groups excluding tert-OH is 1. The van der Waals surface area contributed by atoms with Crippen LogP contribution in [-0.4, -0.2) is 5.11 Å². The lowest BCUT2D eigenvalue weighted by atomic mass is 9.99. The monoisotopic (exact) mass is 348 g/mol. The highest BCUT2D eigenvalue weighted by Crippen LogP contribution is 2.40. The summed E-state index contributed by atoms with van der Waals surface area (Å²) < 4.78 is 51.7. The van der Waals surface area contributed by atoms with E-state index in [1.807, 2.05) is 0 Å². The predicted molar refractivity (Wildman–Crippen MR) is 69.6 cm³/mol. The summed E-state index contributed by atoms with van der Waals surface area (Å²) in [5.41, 5.74) is -1.14. The number of benzene rings is 2. The molecule has 0 aromatic heterocycles. The Labute approximate surface area is 121 Å². The summed E-state index contributed by atoms with van der Waals surface area (Å²) in [7, 11) is 0. The standard InChI is InChI=1S/C14H9BrF4O/c15-12-9(14(17,18)19)6-7-10(16)11(12)13(20)8-4-2-1-3-5-8/h1-7,13,20H. The fourth-order valence-corrected chi connectivity index (χ4v) is 2.60. The molecule has 106 valence electrons. The summed E-state index contributed by atoms with van der Waals surface area (Å²) in [6.07, 6.45) is -6.11. The van der Waals surface area contributed by atoms with Gasteiger partial charge in [0.1, 0.15) is 11.9 Å². The van der Waals surface area contributed by atoms with Gasteiger partial charge >= 0.3 is 6.18 Å². The van der Waals surface area contributed by atoms with Crippen molar-refractivity contribution in [1.29, 1.82) is 0 Å². The zero-order valence-corrected chi connectivity index (χ0v) is 11.5. The highest BCUT2D eigenvalue weighted by Gasteiger charge is 2.35. The molecular weight excluding hydrogens is 340 g/mol. The molecule has 0 radical (unpaired) electrons. The van der Waals surface area contributed by atoms with Crippen molar-refractivity contribution in [1.82, 2.24) is 0 Å². The lowest BCUT2D eigenvalue weighted by Gasteiger charge is -2.18. The number of hydrogen-bond acceptors (Lipinski definition) is 1. The van der Waals surface area contributed by atoms with Gasteiger partial charge in [0.25, 0.3) is 0 Å². The predicted octanol–water partition coefficient (Wildman–Crippen LogP) is 4.69. The molecule has 1 N–H and O–H groups in total. The first kappa shape index (κ1) is 15.0. The first-order valence-electron chi connectivity index (χ1n) is 5.60. The minimum absolute atomic E-state index is 0.312. The van der Waals surface area contributed by atoms with Crippen LogP contribution in [0.4, 0.5) is 17.6 Å². The van der Waals surface area contributed by atoms with E-state index in [0.29, 0.717) is 17.7 Å². The van der Waals surface area contributed by atoms with Crippen LogP contribution in [0.25, 0.3) is 0 Å². The molecule has 2 aromatic rings. The highest BCUT2D eigenvalue weighted by molar-refractivity contribution is 9.10. The molecule has 0 amide bonds. The topological polar surface area (TPSA) is 20.2 Å². The van der Waals surface area contributed by atoms with Crippen molar-refractivity contribution >= 4 is 15.9 Å². The quantitative estimate of drug-likeness (QED) is 0.780. The molecule has 1 unspecified atom stereocenters. The van der Waals surface area contributed by atoms with Crippen molar-refractivity contribution in [3.05, 3.63) is 69.4 Å². The second-order valence-electron chi connectivity index (χ2n) is 4.13. The number of aliphatic hydroxyl groups is 1. The number of halogens is 5. The molecule has 20 heavy (non-hydrogen) atoms. The summed E-state index contributed by atoms with van der Waals surface area (Å²) in [6.45, 7) is 0. The van der Waals surface area contributed by atoms with Gasteiger partial charge in [0.2, 0.25) is 0 Å². The van der Waals surface area contributed by atoms with Crippen LogP contribution >= 0.6 is 15.9 Å². The van der Waals surface area contributed by atoms with Gasteiger partial charge in [-0.05, 0) is 33.6 Å². The molecule has 0 aliphatic carbocycles. The molecule has 0 spiro atoms. The third kappa shape index (κ3) is 2.86. The van der Waals surface area contributed by atoms with Gasteiger partial charge in [0.15, 0.2) is 0 Å². The summed E-state index contributed by atoms with van der Waals surface area (Å²) in [5, 5.41) is 10.1. The molecule has 0 fully saturated rings. The Morgan fingerprint density at radius 2 is 1.60 bits per heavy atom. The van der Waals surface area contributed by atoms with Crippen LogP contribution in [0.3, 0.4) is 0 Å². The normalized spacial score (nSPS) is 13.3. The summed E-state index contributed by atoms with van der Waals surface area (Å²) >= 11 is 2.75. The van der Waals surface area contributed by atoms with Crippen molar-refractivity contribution < 1.29 is 22.7 Å². The minimum atomic E-state index is -4.63. The smallest absolute Gasteiger partial charge is 0.384 e. The maximum absolute atomic E-state index is 13.8. The molecule has 2 rings (SSSR count). The lowest BCUT2D eigenvalue weighted by Crippen LogP contribution is -2.11. The molecule has 2 aromatic carbocycles. The van der Waals surface area contributed by atoms with E-state index in [1.165, 1.54) is 12.1 Å². The van der Waals surface area contributed by atoms with E-state index < -0.39 is 33.7 Å². The van der Waals surface area contributed by atoms with E-state index in [9.17, 15) is 22.7 Å². The fraction of sp³-hybridized carbons (Fsp3) is 0.143. The molecular formula is C14H9BrF4O. The summed E-state index contributed by atoms with van der Waals surface area (Å²) in [5.74, 6) is -0.902. The highest BCUT2D eigenvalue weighted by atomic mass is 79.9. The van der Waals surface area contributed by atoms with E-state index in [-0.39, 0.29) is 0 Å². The van der Waals surface area contributed by atoms with Gasteiger partial charge in [-0.3, -0.25) is 0 Å². The zero-order chi connectivity index (χ0) is 14.9. The Bertz CT molecular complexity index is 611. The number of hydrogen-bond donors (Lipinski definition) is 1. The Kier molecular flexibility index (Phi) is 4.15. The van der Waals surface area contributed by atoms with Crippen LogP contribution in [-0.2, 0) is 6.18 Å². The molecule has 1 nitrogen and oxygen atoms in total. The average molecular weight is 349 g/mol. The summed E-state index contributed by atoms with van der Waals surface area (Å²) in [4.78, 5) is 0. The van der Waals surface area contributed by atoms with Gasteiger partial charge in [0.05, 0.1) is 5.56 Å². The summed E-state index contributed by atoms with van der Waals surface area (Å²) in [6, 6.07) is 9.27. The van der Waals surface area contributed by atoms with Crippen molar-refractivity contribution in [2.45, 2.75) is 12.3 Å². The van der Waals surface area contributed by atoms with Crippen LogP contribution in [0.2, 0.25) is 0 Å². The van der Waals surface area contributed by atoms with Gasteiger partial charge in [-0.15, -0.1) is 0 Å².